The highest BCUT2D eigenvalue weighted by molar-refractivity contribution is 5.97. The number of methoxy groups -OCH3 is 1. The minimum atomic E-state index is -0.719. The number of ether oxygens (including phenoxy) is 2. The number of H-pyrrole nitrogens is 1. The number of imidazole rings is 1. The number of carbonyl (C=O) groups excluding carboxylic acids is 3. The molecule has 0 bridgehead atoms. The number of halogens is 1. The van der Waals surface area contributed by atoms with Crippen LogP contribution in [0.2, 0.25) is 0 Å². The Labute approximate surface area is 213 Å². The van der Waals surface area contributed by atoms with Crippen molar-refractivity contribution in [2.75, 3.05) is 26.8 Å². The summed E-state index contributed by atoms with van der Waals surface area (Å²) in [5.74, 6) is 0.263. The Morgan fingerprint density at radius 2 is 2.03 bits per heavy atom. The van der Waals surface area contributed by atoms with Gasteiger partial charge in [-0.3, -0.25) is 14.4 Å². The van der Waals surface area contributed by atoms with Gasteiger partial charge < -0.3 is 30.4 Å². The fourth-order valence-electron chi connectivity index (χ4n) is 4.09. The molecule has 3 amide bonds. The predicted octanol–water partition coefficient (Wildman–Crippen LogP) is 2.24. The standard InChI is InChI=1S/C26H30FN5O5/c1-36-17-6-7-18-22(15-17)37-13-12-29-26(35)20(4-2-3-11-28-25(18)34)32-24(33)10-9-23-30-19-8-5-16(27)14-21(19)31-23/h5-8,14-15,20H,2-4,9-13H2,1H3,(H,28,34)(H,29,35)(H,30,31)(H,32,33)/t20-/m0/s1. The van der Waals surface area contributed by atoms with Gasteiger partial charge in [0.25, 0.3) is 5.91 Å². The van der Waals surface area contributed by atoms with Gasteiger partial charge in [0, 0.05) is 25.5 Å². The number of nitrogens with zero attached hydrogens (tertiary/aromatic N) is 1. The van der Waals surface area contributed by atoms with E-state index in [1.165, 1.54) is 19.2 Å². The summed E-state index contributed by atoms with van der Waals surface area (Å²) in [6.07, 6.45) is 2.11. The van der Waals surface area contributed by atoms with E-state index in [-0.39, 0.29) is 43.1 Å². The molecule has 0 radical (unpaired) electrons. The summed E-state index contributed by atoms with van der Waals surface area (Å²) in [7, 11) is 1.53. The molecule has 0 saturated carbocycles. The third-order valence-electron chi connectivity index (χ3n) is 6.03. The highest BCUT2D eigenvalue weighted by Crippen LogP contribution is 2.25. The maximum absolute atomic E-state index is 13.4. The third-order valence-corrected chi connectivity index (χ3v) is 6.03. The average Bonchev–Trinajstić information content (AvgIpc) is 3.30. The molecule has 2 aromatic carbocycles. The molecule has 11 heteroatoms. The van der Waals surface area contributed by atoms with Crippen LogP contribution in [0.25, 0.3) is 11.0 Å². The number of aryl methyl sites for hydroxylation is 1. The first kappa shape index (κ1) is 25.9. The molecule has 0 saturated heterocycles. The molecule has 0 aliphatic carbocycles. The molecule has 2 heterocycles. The Bertz CT molecular complexity index is 1280. The summed E-state index contributed by atoms with van der Waals surface area (Å²) in [5, 5.41) is 8.47. The molecule has 1 aromatic heterocycles. The van der Waals surface area contributed by atoms with Crippen molar-refractivity contribution in [3.05, 3.63) is 53.6 Å². The predicted molar refractivity (Wildman–Crippen MR) is 134 cm³/mol. The summed E-state index contributed by atoms with van der Waals surface area (Å²) in [6.45, 7) is 0.741. The highest BCUT2D eigenvalue weighted by Gasteiger charge is 2.21. The average molecular weight is 512 g/mol. The Hall–Kier alpha value is -4.15. The summed E-state index contributed by atoms with van der Waals surface area (Å²) >= 11 is 0. The minimum Gasteiger partial charge on any atom is -0.497 e. The molecule has 0 unspecified atom stereocenters. The second-order valence-corrected chi connectivity index (χ2v) is 8.72. The number of hydrogen-bond donors (Lipinski definition) is 4. The van der Waals surface area contributed by atoms with Crippen LogP contribution in [0.15, 0.2) is 36.4 Å². The van der Waals surface area contributed by atoms with Gasteiger partial charge in [0.1, 0.15) is 35.8 Å². The Kier molecular flexibility index (Phi) is 8.55. The number of nitrogens with one attached hydrogen (secondary N) is 4. The van der Waals surface area contributed by atoms with Gasteiger partial charge in [-0.05, 0) is 49.6 Å². The molecular formula is C26H30FN5O5. The number of benzene rings is 2. The minimum absolute atomic E-state index is 0.115. The molecule has 0 spiro atoms. The van der Waals surface area contributed by atoms with E-state index in [1.807, 2.05) is 0 Å². The van der Waals surface area contributed by atoms with Crippen molar-refractivity contribution in [1.29, 1.82) is 0 Å². The number of fused-ring (bicyclic) bond motifs is 2. The van der Waals surface area contributed by atoms with Crippen molar-refractivity contribution in [3.63, 3.8) is 0 Å². The van der Waals surface area contributed by atoms with E-state index in [4.69, 9.17) is 9.47 Å². The zero-order chi connectivity index (χ0) is 26.2. The molecule has 1 aliphatic rings. The normalized spacial score (nSPS) is 17.1. The van der Waals surface area contributed by atoms with Crippen LogP contribution in [0.5, 0.6) is 11.5 Å². The smallest absolute Gasteiger partial charge is 0.255 e. The van der Waals surface area contributed by atoms with E-state index in [0.717, 1.165) is 0 Å². The molecule has 1 atom stereocenters. The lowest BCUT2D eigenvalue weighted by Crippen LogP contribution is -2.47. The lowest BCUT2D eigenvalue weighted by Gasteiger charge is -2.20. The van der Waals surface area contributed by atoms with Crippen LogP contribution in [-0.4, -0.2) is 60.5 Å². The Balaban J connectivity index is 1.34. The lowest BCUT2D eigenvalue weighted by atomic mass is 10.1. The van der Waals surface area contributed by atoms with Crippen LogP contribution < -0.4 is 25.4 Å². The van der Waals surface area contributed by atoms with Gasteiger partial charge in [-0.25, -0.2) is 9.37 Å². The SMILES string of the molecule is COc1ccc2c(c1)OCCNC(=O)[C@@H](NC(=O)CCc1nc3ccc(F)cc3[nH]1)CCCCNC2=O. The zero-order valence-electron chi connectivity index (χ0n) is 20.6. The van der Waals surface area contributed by atoms with Crippen molar-refractivity contribution in [1.82, 2.24) is 25.9 Å². The summed E-state index contributed by atoms with van der Waals surface area (Å²) in [6, 6.07) is 8.50. The van der Waals surface area contributed by atoms with Crippen LogP contribution in [0, 0.1) is 5.82 Å². The number of rotatable bonds is 5. The van der Waals surface area contributed by atoms with Crippen molar-refractivity contribution >= 4 is 28.8 Å². The van der Waals surface area contributed by atoms with E-state index in [0.29, 0.717) is 66.1 Å². The second kappa shape index (κ2) is 12.2. The summed E-state index contributed by atoms with van der Waals surface area (Å²) in [4.78, 5) is 45.4. The van der Waals surface area contributed by atoms with Crippen molar-refractivity contribution in [3.8, 4) is 11.5 Å². The van der Waals surface area contributed by atoms with Crippen LogP contribution in [0.1, 0.15) is 41.9 Å². The number of aromatic nitrogens is 2. The van der Waals surface area contributed by atoms with Gasteiger partial charge in [0.05, 0.1) is 30.3 Å². The largest absolute Gasteiger partial charge is 0.497 e. The van der Waals surface area contributed by atoms with E-state index < -0.39 is 6.04 Å². The van der Waals surface area contributed by atoms with Gasteiger partial charge in [-0.1, -0.05) is 0 Å². The Morgan fingerprint density at radius 3 is 2.86 bits per heavy atom. The second-order valence-electron chi connectivity index (χ2n) is 8.72. The fourth-order valence-corrected chi connectivity index (χ4v) is 4.09. The lowest BCUT2D eigenvalue weighted by molar-refractivity contribution is -0.129. The van der Waals surface area contributed by atoms with Crippen LogP contribution in [0.4, 0.5) is 4.39 Å². The van der Waals surface area contributed by atoms with Gasteiger partial charge in [0.2, 0.25) is 11.8 Å². The maximum Gasteiger partial charge on any atom is 0.255 e. The number of carbonyl (C=O) groups is 3. The van der Waals surface area contributed by atoms with Crippen LogP contribution >= 0.6 is 0 Å². The van der Waals surface area contributed by atoms with Crippen molar-refractivity contribution in [2.45, 2.75) is 38.1 Å². The van der Waals surface area contributed by atoms with E-state index >= 15 is 0 Å². The molecule has 4 N–H and O–H groups in total. The van der Waals surface area contributed by atoms with E-state index in [1.54, 1.807) is 24.3 Å². The highest BCUT2D eigenvalue weighted by atomic mass is 19.1. The number of hydrogen-bond acceptors (Lipinski definition) is 6. The van der Waals surface area contributed by atoms with Gasteiger partial charge in [-0.2, -0.15) is 0 Å². The fraction of sp³-hybridized carbons (Fsp3) is 0.385. The third kappa shape index (κ3) is 6.96. The van der Waals surface area contributed by atoms with Crippen LogP contribution in [-0.2, 0) is 16.0 Å². The molecular weight excluding hydrogens is 481 g/mol. The summed E-state index contributed by atoms with van der Waals surface area (Å²) < 4.78 is 24.4. The van der Waals surface area contributed by atoms with Gasteiger partial charge in [-0.15, -0.1) is 0 Å². The van der Waals surface area contributed by atoms with Crippen molar-refractivity contribution < 1.29 is 28.2 Å². The Morgan fingerprint density at radius 1 is 1.16 bits per heavy atom. The first-order valence-electron chi connectivity index (χ1n) is 12.2. The van der Waals surface area contributed by atoms with Gasteiger partial charge in [0.15, 0.2) is 0 Å². The van der Waals surface area contributed by atoms with E-state index in [2.05, 4.69) is 25.9 Å². The molecule has 196 valence electrons. The zero-order valence-corrected chi connectivity index (χ0v) is 20.6. The maximum atomic E-state index is 13.4. The first-order valence-corrected chi connectivity index (χ1v) is 12.2. The number of aromatic amines is 1. The monoisotopic (exact) mass is 511 g/mol. The molecule has 3 aromatic rings. The first-order chi connectivity index (χ1) is 17.9. The number of amides is 3. The van der Waals surface area contributed by atoms with Gasteiger partial charge >= 0.3 is 0 Å². The molecule has 0 fully saturated rings. The summed E-state index contributed by atoms with van der Waals surface area (Å²) in [5.41, 5.74) is 1.58. The van der Waals surface area contributed by atoms with Crippen molar-refractivity contribution in [2.24, 2.45) is 0 Å². The molecule has 37 heavy (non-hydrogen) atoms. The molecule has 10 nitrogen and oxygen atoms in total. The topological polar surface area (TPSA) is 134 Å². The molecule has 4 rings (SSSR count). The molecule has 1 aliphatic heterocycles. The quantitative estimate of drug-likeness (QED) is 0.415. The van der Waals surface area contributed by atoms with Crippen LogP contribution in [0.3, 0.4) is 0 Å². The van der Waals surface area contributed by atoms with E-state index in [9.17, 15) is 18.8 Å².